The van der Waals surface area contributed by atoms with Crippen molar-refractivity contribution in [1.29, 1.82) is 0 Å². The lowest BCUT2D eigenvalue weighted by atomic mass is 10.0. The van der Waals surface area contributed by atoms with Crippen molar-refractivity contribution in [3.8, 4) is 11.5 Å². The molecule has 3 aromatic rings. The van der Waals surface area contributed by atoms with E-state index in [2.05, 4.69) is 5.32 Å². The van der Waals surface area contributed by atoms with Crippen LogP contribution in [-0.2, 0) is 22.6 Å². The highest BCUT2D eigenvalue weighted by atomic mass is 16.5. The van der Waals surface area contributed by atoms with E-state index in [0.29, 0.717) is 17.9 Å². The van der Waals surface area contributed by atoms with Crippen LogP contribution in [0.25, 0.3) is 0 Å². The smallest absolute Gasteiger partial charge is 0.261 e. The molecule has 178 valence electrons. The monoisotopic (exact) mass is 460 g/mol. The summed E-state index contributed by atoms with van der Waals surface area (Å²) in [5, 5.41) is 2.72. The number of carbonyl (C=O) groups excluding carboxylic acids is 2. The van der Waals surface area contributed by atoms with Gasteiger partial charge in [0, 0.05) is 20.0 Å². The van der Waals surface area contributed by atoms with E-state index in [4.69, 9.17) is 9.47 Å². The first-order valence-electron chi connectivity index (χ1n) is 11.3. The Morgan fingerprint density at radius 3 is 2.29 bits per heavy atom. The van der Waals surface area contributed by atoms with Crippen LogP contribution in [0.2, 0.25) is 0 Å². The average Bonchev–Trinajstić information content (AvgIpc) is 2.86. The zero-order valence-electron chi connectivity index (χ0n) is 20.2. The molecule has 0 unspecified atom stereocenters. The van der Waals surface area contributed by atoms with Crippen LogP contribution >= 0.6 is 0 Å². The third-order valence-corrected chi connectivity index (χ3v) is 5.85. The second kappa shape index (κ2) is 11.9. The average molecular weight is 461 g/mol. The highest BCUT2D eigenvalue weighted by molar-refractivity contribution is 5.88. The van der Waals surface area contributed by atoms with E-state index in [9.17, 15) is 9.59 Å². The molecule has 0 heterocycles. The van der Waals surface area contributed by atoms with E-state index in [1.165, 1.54) is 0 Å². The van der Waals surface area contributed by atoms with Crippen molar-refractivity contribution in [1.82, 2.24) is 10.2 Å². The summed E-state index contributed by atoms with van der Waals surface area (Å²) in [6, 6.07) is 22.2. The van der Waals surface area contributed by atoms with Gasteiger partial charge in [0.2, 0.25) is 5.91 Å². The number of carbonyl (C=O) groups is 2. The molecule has 0 fully saturated rings. The van der Waals surface area contributed by atoms with Crippen LogP contribution in [0.5, 0.6) is 11.5 Å². The Kier molecular flexibility index (Phi) is 8.68. The number of likely N-dealkylation sites (N-methyl/N-ethyl adjacent to an activating group) is 1. The molecular weight excluding hydrogens is 428 g/mol. The molecule has 0 radical (unpaired) electrons. The Hall–Kier alpha value is -3.80. The van der Waals surface area contributed by atoms with Crippen molar-refractivity contribution in [2.24, 2.45) is 0 Å². The van der Waals surface area contributed by atoms with Crippen LogP contribution in [0.1, 0.15) is 22.3 Å². The number of methoxy groups -OCH3 is 1. The number of ether oxygens (including phenoxy) is 2. The largest absolute Gasteiger partial charge is 0.497 e. The highest BCUT2D eigenvalue weighted by Gasteiger charge is 2.30. The number of aryl methyl sites for hydroxylation is 2. The van der Waals surface area contributed by atoms with Crippen LogP contribution in [0.4, 0.5) is 0 Å². The summed E-state index contributed by atoms with van der Waals surface area (Å²) in [6.07, 6.45) is 0.389. The summed E-state index contributed by atoms with van der Waals surface area (Å²) in [5.41, 5.74) is 4.07. The summed E-state index contributed by atoms with van der Waals surface area (Å²) >= 11 is 0. The van der Waals surface area contributed by atoms with E-state index in [-0.39, 0.29) is 25.0 Å². The maximum atomic E-state index is 13.5. The number of benzene rings is 3. The van der Waals surface area contributed by atoms with Gasteiger partial charge in [-0.2, -0.15) is 0 Å². The first-order chi connectivity index (χ1) is 16.4. The van der Waals surface area contributed by atoms with Crippen molar-refractivity contribution >= 4 is 11.8 Å². The number of amides is 2. The molecule has 0 spiro atoms. The quantitative estimate of drug-likeness (QED) is 0.495. The Labute approximate surface area is 201 Å². The first kappa shape index (κ1) is 24.8. The summed E-state index contributed by atoms with van der Waals surface area (Å²) in [5.74, 6) is 0.810. The zero-order valence-corrected chi connectivity index (χ0v) is 20.2. The molecule has 0 bridgehead atoms. The minimum atomic E-state index is -0.700. The van der Waals surface area contributed by atoms with Gasteiger partial charge < -0.3 is 19.7 Å². The van der Waals surface area contributed by atoms with E-state index in [1.807, 2.05) is 86.6 Å². The van der Waals surface area contributed by atoms with Crippen molar-refractivity contribution in [3.63, 3.8) is 0 Å². The number of rotatable bonds is 10. The van der Waals surface area contributed by atoms with Crippen LogP contribution < -0.4 is 14.8 Å². The van der Waals surface area contributed by atoms with Gasteiger partial charge in [0.25, 0.3) is 5.91 Å². The van der Waals surface area contributed by atoms with Crippen LogP contribution in [-0.4, -0.2) is 43.5 Å². The second-order valence-electron chi connectivity index (χ2n) is 8.23. The topological polar surface area (TPSA) is 67.9 Å². The van der Waals surface area contributed by atoms with Gasteiger partial charge in [-0.15, -0.1) is 0 Å². The van der Waals surface area contributed by atoms with E-state index in [0.717, 1.165) is 22.3 Å². The second-order valence-corrected chi connectivity index (χ2v) is 8.23. The Morgan fingerprint density at radius 1 is 0.882 bits per heavy atom. The molecule has 0 aliphatic carbocycles. The van der Waals surface area contributed by atoms with Crippen LogP contribution in [0.15, 0.2) is 72.8 Å². The predicted octanol–water partition coefficient (Wildman–Crippen LogP) is 4.08. The molecule has 0 aliphatic heterocycles. The molecule has 3 aromatic carbocycles. The molecule has 1 atom stereocenters. The summed E-state index contributed by atoms with van der Waals surface area (Å²) in [6.45, 7) is 4.10. The van der Waals surface area contributed by atoms with Crippen molar-refractivity contribution < 1.29 is 19.1 Å². The molecule has 2 amide bonds. The molecule has 6 nitrogen and oxygen atoms in total. The van der Waals surface area contributed by atoms with Gasteiger partial charge in [-0.1, -0.05) is 48.5 Å². The van der Waals surface area contributed by atoms with E-state index in [1.54, 1.807) is 19.1 Å². The Balaban J connectivity index is 1.88. The summed E-state index contributed by atoms with van der Waals surface area (Å²) < 4.78 is 11.2. The Morgan fingerprint density at radius 2 is 1.62 bits per heavy atom. The first-order valence-corrected chi connectivity index (χ1v) is 11.3. The standard InChI is InChI=1S/C28H32N2O4/c1-20-13-14-25(15-21(20)2)34-19-27(31)30(18-23-11-8-12-24(16-23)33-4)26(28(32)29-3)17-22-9-6-5-7-10-22/h5-16,26H,17-19H2,1-4H3,(H,29,32)/t26-/m0/s1. The zero-order chi connectivity index (χ0) is 24.5. The van der Waals surface area contributed by atoms with Crippen molar-refractivity contribution in [3.05, 3.63) is 95.1 Å². The number of nitrogens with one attached hydrogen (secondary N) is 1. The number of hydrogen-bond acceptors (Lipinski definition) is 4. The fourth-order valence-electron chi connectivity index (χ4n) is 3.72. The Bertz CT molecular complexity index is 1110. The highest BCUT2D eigenvalue weighted by Crippen LogP contribution is 2.20. The third-order valence-electron chi connectivity index (χ3n) is 5.85. The van der Waals surface area contributed by atoms with Crippen LogP contribution in [0.3, 0.4) is 0 Å². The van der Waals surface area contributed by atoms with Gasteiger partial charge in [0.05, 0.1) is 7.11 Å². The molecular formula is C28H32N2O4. The summed E-state index contributed by atoms with van der Waals surface area (Å²) in [4.78, 5) is 28.0. The molecule has 1 N–H and O–H groups in total. The van der Waals surface area contributed by atoms with E-state index < -0.39 is 6.04 Å². The number of hydrogen-bond donors (Lipinski definition) is 1. The van der Waals surface area contributed by atoms with E-state index >= 15 is 0 Å². The molecule has 6 heteroatoms. The van der Waals surface area contributed by atoms with Crippen molar-refractivity contribution in [2.45, 2.75) is 32.9 Å². The maximum Gasteiger partial charge on any atom is 0.261 e. The van der Waals surface area contributed by atoms with Gasteiger partial charge in [-0.25, -0.2) is 0 Å². The minimum Gasteiger partial charge on any atom is -0.497 e. The van der Waals surface area contributed by atoms with Gasteiger partial charge in [-0.05, 0) is 60.4 Å². The lowest BCUT2D eigenvalue weighted by molar-refractivity contribution is -0.142. The molecule has 0 aliphatic rings. The van der Waals surface area contributed by atoms with Gasteiger partial charge in [-0.3, -0.25) is 9.59 Å². The molecule has 0 saturated carbocycles. The predicted molar refractivity (Wildman–Crippen MR) is 133 cm³/mol. The third kappa shape index (κ3) is 6.61. The lowest BCUT2D eigenvalue weighted by Gasteiger charge is -2.31. The fourth-order valence-corrected chi connectivity index (χ4v) is 3.72. The minimum absolute atomic E-state index is 0.172. The fraction of sp³-hybridized carbons (Fsp3) is 0.286. The molecule has 3 rings (SSSR count). The normalized spacial score (nSPS) is 11.4. The molecule has 0 aromatic heterocycles. The SMILES string of the molecule is CNC(=O)[C@H](Cc1ccccc1)N(Cc1cccc(OC)c1)C(=O)COc1ccc(C)c(C)c1. The molecule has 0 saturated heterocycles. The lowest BCUT2D eigenvalue weighted by Crippen LogP contribution is -2.51. The van der Waals surface area contributed by atoms with Gasteiger partial charge in [0.1, 0.15) is 17.5 Å². The van der Waals surface area contributed by atoms with Crippen LogP contribution in [0, 0.1) is 13.8 Å². The van der Waals surface area contributed by atoms with Gasteiger partial charge >= 0.3 is 0 Å². The van der Waals surface area contributed by atoms with Gasteiger partial charge in [0.15, 0.2) is 6.61 Å². The van der Waals surface area contributed by atoms with Crippen molar-refractivity contribution in [2.75, 3.05) is 20.8 Å². The molecule has 34 heavy (non-hydrogen) atoms. The maximum absolute atomic E-state index is 13.5. The summed E-state index contributed by atoms with van der Waals surface area (Å²) in [7, 11) is 3.18. The number of nitrogens with zero attached hydrogens (tertiary/aromatic N) is 1.